The van der Waals surface area contributed by atoms with Crippen molar-refractivity contribution >= 4 is 17.6 Å². The van der Waals surface area contributed by atoms with E-state index in [0.29, 0.717) is 5.69 Å². The van der Waals surface area contributed by atoms with Crippen molar-refractivity contribution < 1.29 is 14.7 Å². The lowest BCUT2D eigenvalue weighted by Gasteiger charge is -2.35. The fraction of sp³-hybridized carbons (Fsp3) is 0.562. The molecule has 1 aliphatic carbocycles. The number of aromatic nitrogens is 1. The highest BCUT2D eigenvalue weighted by atomic mass is 16.4. The fourth-order valence-corrected chi connectivity index (χ4v) is 3.19. The third-order valence-corrected chi connectivity index (χ3v) is 4.26. The monoisotopic (exact) mass is 290 g/mol. The van der Waals surface area contributed by atoms with E-state index in [2.05, 4.69) is 10.3 Å². The lowest BCUT2D eigenvalue weighted by Crippen LogP contribution is -2.32. The SMILES string of the molecule is Cc1ncccc1NC(=O)CC1(CC(=O)O)CCCCC1. The molecule has 114 valence electrons. The second-order valence-corrected chi connectivity index (χ2v) is 5.99. The molecule has 1 aromatic heterocycles. The van der Waals surface area contributed by atoms with E-state index in [9.17, 15) is 9.59 Å². The summed E-state index contributed by atoms with van der Waals surface area (Å²) in [7, 11) is 0. The maximum absolute atomic E-state index is 12.3. The van der Waals surface area contributed by atoms with Gasteiger partial charge < -0.3 is 10.4 Å². The Bertz CT molecular complexity index is 522. The highest BCUT2D eigenvalue weighted by Crippen LogP contribution is 2.42. The summed E-state index contributed by atoms with van der Waals surface area (Å²) in [5, 5.41) is 12.0. The summed E-state index contributed by atoms with van der Waals surface area (Å²) in [6, 6.07) is 3.58. The van der Waals surface area contributed by atoms with Crippen molar-refractivity contribution in [3.63, 3.8) is 0 Å². The molecule has 0 bridgehead atoms. The van der Waals surface area contributed by atoms with Gasteiger partial charge in [-0.2, -0.15) is 0 Å². The summed E-state index contributed by atoms with van der Waals surface area (Å²) in [5.74, 6) is -0.934. The van der Waals surface area contributed by atoms with Crippen LogP contribution in [0.3, 0.4) is 0 Å². The molecule has 0 aromatic carbocycles. The quantitative estimate of drug-likeness (QED) is 0.873. The van der Waals surface area contributed by atoms with Crippen molar-refractivity contribution in [2.24, 2.45) is 5.41 Å². The van der Waals surface area contributed by atoms with Crippen LogP contribution in [0.2, 0.25) is 0 Å². The molecule has 21 heavy (non-hydrogen) atoms. The number of pyridine rings is 1. The number of carbonyl (C=O) groups is 2. The van der Waals surface area contributed by atoms with Gasteiger partial charge in [0.25, 0.3) is 0 Å². The van der Waals surface area contributed by atoms with E-state index in [4.69, 9.17) is 5.11 Å². The Balaban J connectivity index is 2.04. The first kappa shape index (κ1) is 15.5. The fourth-order valence-electron chi connectivity index (χ4n) is 3.19. The van der Waals surface area contributed by atoms with Gasteiger partial charge in [0.1, 0.15) is 0 Å². The number of aliphatic carboxylic acids is 1. The normalized spacial score (nSPS) is 17.2. The van der Waals surface area contributed by atoms with E-state index in [1.807, 2.05) is 13.0 Å². The Morgan fingerprint density at radius 3 is 2.62 bits per heavy atom. The Morgan fingerprint density at radius 1 is 1.29 bits per heavy atom. The lowest BCUT2D eigenvalue weighted by atomic mass is 9.69. The van der Waals surface area contributed by atoms with Gasteiger partial charge in [0, 0.05) is 12.6 Å². The Morgan fingerprint density at radius 2 is 2.00 bits per heavy atom. The van der Waals surface area contributed by atoms with Crippen molar-refractivity contribution in [2.45, 2.75) is 51.9 Å². The van der Waals surface area contributed by atoms with Gasteiger partial charge in [-0.05, 0) is 37.3 Å². The number of carboxylic acids is 1. The summed E-state index contributed by atoms with van der Waals surface area (Å²) < 4.78 is 0. The molecule has 0 aliphatic heterocycles. The van der Waals surface area contributed by atoms with E-state index in [1.165, 1.54) is 0 Å². The van der Waals surface area contributed by atoms with Crippen molar-refractivity contribution in [1.82, 2.24) is 4.98 Å². The Labute approximate surface area is 124 Å². The molecule has 1 aromatic rings. The molecular formula is C16H22N2O3. The zero-order valence-electron chi connectivity index (χ0n) is 12.4. The molecule has 1 amide bonds. The molecule has 1 fully saturated rings. The number of amides is 1. The van der Waals surface area contributed by atoms with Crippen LogP contribution in [0, 0.1) is 12.3 Å². The summed E-state index contributed by atoms with van der Waals surface area (Å²) in [6.07, 6.45) is 6.80. The molecule has 2 N–H and O–H groups in total. The number of carbonyl (C=O) groups excluding carboxylic acids is 1. The van der Waals surface area contributed by atoms with Gasteiger partial charge >= 0.3 is 5.97 Å². The van der Waals surface area contributed by atoms with Crippen molar-refractivity contribution in [3.05, 3.63) is 24.0 Å². The van der Waals surface area contributed by atoms with Crippen LogP contribution in [0.15, 0.2) is 18.3 Å². The summed E-state index contributed by atoms with van der Waals surface area (Å²) in [4.78, 5) is 27.5. The first-order valence-corrected chi connectivity index (χ1v) is 7.44. The van der Waals surface area contributed by atoms with Crippen LogP contribution in [0.4, 0.5) is 5.69 Å². The molecule has 0 radical (unpaired) electrons. The first-order chi connectivity index (χ1) is 10.0. The average Bonchev–Trinajstić information content (AvgIpc) is 2.41. The summed E-state index contributed by atoms with van der Waals surface area (Å²) >= 11 is 0. The molecule has 0 unspecified atom stereocenters. The predicted octanol–water partition coefficient (Wildman–Crippen LogP) is 3.14. The number of hydrogen-bond donors (Lipinski definition) is 2. The van der Waals surface area contributed by atoms with E-state index in [0.717, 1.165) is 37.8 Å². The first-order valence-electron chi connectivity index (χ1n) is 7.44. The van der Waals surface area contributed by atoms with Gasteiger partial charge in [-0.25, -0.2) is 0 Å². The van der Waals surface area contributed by atoms with Crippen molar-refractivity contribution in [1.29, 1.82) is 0 Å². The topological polar surface area (TPSA) is 79.3 Å². The Kier molecular flexibility index (Phi) is 4.94. The van der Waals surface area contributed by atoms with Gasteiger partial charge in [-0.3, -0.25) is 14.6 Å². The molecule has 0 saturated heterocycles. The maximum atomic E-state index is 12.3. The van der Waals surface area contributed by atoms with Gasteiger partial charge in [-0.15, -0.1) is 0 Å². The number of carboxylic acid groups (broad SMARTS) is 1. The number of aryl methyl sites for hydroxylation is 1. The van der Waals surface area contributed by atoms with Crippen LogP contribution in [0.5, 0.6) is 0 Å². The molecule has 0 spiro atoms. The van der Waals surface area contributed by atoms with E-state index in [-0.39, 0.29) is 24.2 Å². The number of hydrogen-bond acceptors (Lipinski definition) is 3. The second-order valence-electron chi connectivity index (χ2n) is 5.99. The van der Waals surface area contributed by atoms with Gasteiger partial charge in [0.05, 0.1) is 17.8 Å². The highest BCUT2D eigenvalue weighted by Gasteiger charge is 2.36. The van der Waals surface area contributed by atoms with Crippen molar-refractivity contribution in [3.8, 4) is 0 Å². The molecular weight excluding hydrogens is 268 g/mol. The van der Waals surface area contributed by atoms with Crippen LogP contribution >= 0.6 is 0 Å². The molecule has 5 heteroatoms. The largest absolute Gasteiger partial charge is 0.481 e. The summed E-state index contributed by atoms with van der Waals surface area (Å²) in [6.45, 7) is 1.84. The van der Waals surface area contributed by atoms with Crippen LogP contribution in [0.1, 0.15) is 50.6 Å². The zero-order valence-corrected chi connectivity index (χ0v) is 12.4. The number of nitrogens with one attached hydrogen (secondary N) is 1. The number of anilines is 1. The second kappa shape index (κ2) is 6.70. The van der Waals surface area contributed by atoms with Gasteiger partial charge in [0.15, 0.2) is 0 Å². The van der Waals surface area contributed by atoms with E-state index in [1.54, 1.807) is 12.3 Å². The molecule has 5 nitrogen and oxygen atoms in total. The van der Waals surface area contributed by atoms with Crippen molar-refractivity contribution in [2.75, 3.05) is 5.32 Å². The molecule has 2 rings (SSSR count). The van der Waals surface area contributed by atoms with Crippen LogP contribution in [-0.2, 0) is 9.59 Å². The third kappa shape index (κ3) is 4.28. The number of nitrogens with zero attached hydrogens (tertiary/aromatic N) is 1. The van der Waals surface area contributed by atoms with Gasteiger partial charge in [-0.1, -0.05) is 19.3 Å². The predicted molar refractivity (Wildman–Crippen MR) is 80.0 cm³/mol. The number of rotatable bonds is 5. The average molecular weight is 290 g/mol. The van der Waals surface area contributed by atoms with Gasteiger partial charge in [0.2, 0.25) is 5.91 Å². The minimum Gasteiger partial charge on any atom is -0.481 e. The third-order valence-electron chi connectivity index (χ3n) is 4.26. The molecule has 1 saturated carbocycles. The standard InChI is InChI=1S/C16H22N2O3/c1-12-13(6-5-9-17-12)18-14(19)10-16(11-15(20)21)7-3-2-4-8-16/h5-6,9H,2-4,7-8,10-11H2,1H3,(H,18,19)(H,20,21). The zero-order chi connectivity index (χ0) is 15.3. The van der Waals surface area contributed by atoms with Crippen LogP contribution in [-0.4, -0.2) is 22.0 Å². The van der Waals surface area contributed by atoms with Crippen LogP contribution in [0.25, 0.3) is 0 Å². The molecule has 1 heterocycles. The minimum absolute atomic E-state index is 0.0758. The maximum Gasteiger partial charge on any atom is 0.303 e. The van der Waals surface area contributed by atoms with E-state index >= 15 is 0 Å². The summed E-state index contributed by atoms with van der Waals surface area (Å²) in [5.41, 5.74) is 1.08. The Hall–Kier alpha value is -1.91. The minimum atomic E-state index is -0.817. The highest BCUT2D eigenvalue weighted by molar-refractivity contribution is 5.92. The van der Waals surface area contributed by atoms with Crippen LogP contribution < -0.4 is 5.32 Å². The lowest BCUT2D eigenvalue weighted by molar-refractivity contribution is -0.140. The van der Waals surface area contributed by atoms with E-state index < -0.39 is 5.97 Å². The smallest absolute Gasteiger partial charge is 0.303 e. The molecule has 0 atom stereocenters. The molecule has 1 aliphatic rings.